The highest BCUT2D eigenvalue weighted by Gasteiger charge is 2.17. The van der Waals surface area contributed by atoms with Crippen molar-refractivity contribution in [2.45, 2.75) is 64.3 Å². The highest BCUT2D eigenvalue weighted by Crippen LogP contribution is 2.26. The highest BCUT2D eigenvalue weighted by molar-refractivity contribution is 5.80. The molecule has 1 heterocycles. The lowest BCUT2D eigenvalue weighted by Crippen LogP contribution is -2.42. The first-order valence-electron chi connectivity index (χ1n) is 11.7. The number of hydrogen-bond donors (Lipinski definition) is 3. The summed E-state index contributed by atoms with van der Waals surface area (Å²) in [5.41, 5.74) is 2.56. The van der Waals surface area contributed by atoms with Crippen molar-refractivity contribution in [3.63, 3.8) is 0 Å². The lowest BCUT2D eigenvalue weighted by molar-refractivity contribution is -0.122. The molecule has 3 N–H and O–H groups in total. The summed E-state index contributed by atoms with van der Waals surface area (Å²) in [5, 5.41) is 9.82. The summed E-state index contributed by atoms with van der Waals surface area (Å²) in [6, 6.07) is 8.93. The van der Waals surface area contributed by atoms with Gasteiger partial charge < -0.3 is 20.9 Å². The minimum Gasteiger partial charge on any atom is -0.372 e. The van der Waals surface area contributed by atoms with Crippen LogP contribution in [0, 0.1) is 5.92 Å². The Hall–Kier alpha value is -2.24. The van der Waals surface area contributed by atoms with Crippen LogP contribution in [0.15, 0.2) is 29.3 Å². The number of amides is 1. The summed E-state index contributed by atoms with van der Waals surface area (Å²) in [7, 11) is 1.78. The van der Waals surface area contributed by atoms with Crippen LogP contribution in [0.1, 0.15) is 69.9 Å². The maximum absolute atomic E-state index is 12.1. The largest absolute Gasteiger partial charge is 0.372 e. The molecule has 2 aliphatic rings. The van der Waals surface area contributed by atoms with Gasteiger partial charge in [-0.2, -0.15) is 0 Å². The molecule has 1 atom stereocenters. The van der Waals surface area contributed by atoms with Crippen LogP contribution in [0.5, 0.6) is 0 Å². The van der Waals surface area contributed by atoms with Crippen molar-refractivity contribution in [3.8, 4) is 0 Å². The first kappa shape index (κ1) is 22.4. The summed E-state index contributed by atoms with van der Waals surface area (Å²) < 4.78 is 0. The summed E-state index contributed by atoms with van der Waals surface area (Å²) in [4.78, 5) is 18.9. The normalized spacial score (nSPS) is 18.9. The second kappa shape index (κ2) is 11.8. The van der Waals surface area contributed by atoms with Gasteiger partial charge in [0.2, 0.25) is 5.91 Å². The molecule has 0 spiro atoms. The summed E-state index contributed by atoms with van der Waals surface area (Å²) in [6.07, 6.45) is 9.55. The van der Waals surface area contributed by atoms with E-state index in [1.54, 1.807) is 7.05 Å². The molecule has 1 unspecified atom stereocenters. The Bertz CT molecular complexity index is 693. The van der Waals surface area contributed by atoms with Crippen LogP contribution in [-0.4, -0.2) is 45.1 Å². The van der Waals surface area contributed by atoms with Gasteiger partial charge in [-0.15, -0.1) is 0 Å². The first-order valence-corrected chi connectivity index (χ1v) is 11.7. The molecule has 1 aliphatic carbocycles. The number of benzene rings is 1. The van der Waals surface area contributed by atoms with Crippen LogP contribution in [-0.2, 0) is 4.79 Å². The summed E-state index contributed by atoms with van der Waals surface area (Å²) >= 11 is 0. The standard InChI is InChI=1S/C24H39N5O/c1-19(21-11-8-12-22(18-21)29-15-6-7-16-29)28-24(25-2)27-14-13-26-23(30)17-20-9-4-3-5-10-20/h8,11-12,18-20H,3-7,9-10,13-17H2,1-2H3,(H,26,30)(H2,25,27,28). The third-order valence-corrected chi connectivity index (χ3v) is 6.36. The lowest BCUT2D eigenvalue weighted by Gasteiger charge is -2.22. The van der Waals surface area contributed by atoms with E-state index in [0.717, 1.165) is 19.0 Å². The zero-order chi connectivity index (χ0) is 21.2. The van der Waals surface area contributed by atoms with E-state index in [1.807, 2.05) is 0 Å². The first-order chi connectivity index (χ1) is 14.7. The predicted molar refractivity (Wildman–Crippen MR) is 125 cm³/mol. The van der Waals surface area contributed by atoms with E-state index < -0.39 is 0 Å². The quantitative estimate of drug-likeness (QED) is 0.346. The minimum atomic E-state index is 0.152. The van der Waals surface area contributed by atoms with Crippen LogP contribution in [0.2, 0.25) is 0 Å². The Morgan fingerprint density at radius 3 is 2.57 bits per heavy atom. The summed E-state index contributed by atoms with van der Waals surface area (Å²) in [6.45, 7) is 5.74. The second-order valence-electron chi connectivity index (χ2n) is 8.71. The van der Waals surface area contributed by atoms with Crippen molar-refractivity contribution in [2.75, 3.05) is 38.1 Å². The van der Waals surface area contributed by atoms with Crippen molar-refractivity contribution in [1.82, 2.24) is 16.0 Å². The Kier molecular flexibility index (Phi) is 8.84. The molecular formula is C24H39N5O. The topological polar surface area (TPSA) is 68.8 Å². The molecule has 6 heteroatoms. The van der Waals surface area contributed by atoms with Crippen LogP contribution < -0.4 is 20.9 Å². The van der Waals surface area contributed by atoms with Gasteiger partial charge in [-0.1, -0.05) is 31.4 Å². The van der Waals surface area contributed by atoms with Crippen molar-refractivity contribution in [1.29, 1.82) is 0 Å². The molecule has 2 fully saturated rings. The molecule has 1 amide bonds. The Morgan fingerprint density at radius 1 is 1.10 bits per heavy atom. The number of rotatable bonds is 8. The molecule has 0 radical (unpaired) electrons. The summed E-state index contributed by atoms with van der Waals surface area (Å²) in [5.74, 6) is 1.52. The number of carbonyl (C=O) groups excluding carboxylic acids is 1. The second-order valence-corrected chi connectivity index (χ2v) is 8.71. The van der Waals surface area contributed by atoms with Crippen molar-refractivity contribution < 1.29 is 4.79 Å². The molecule has 0 aromatic heterocycles. The van der Waals surface area contributed by atoms with Crippen molar-refractivity contribution in [2.24, 2.45) is 10.9 Å². The fraction of sp³-hybridized carbons (Fsp3) is 0.667. The highest BCUT2D eigenvalue weighted by atomic mass is 16.1. The molecule has 1 aliphatic heterocycles. The molecule has 1 saturated heterocycles. The van der Waals surface area contributed by atoms with Gasteiger partial charge in [0, 0.05) is 45.3 Å². The molecule has 6 nitrogen and oxygen atoms in total. The third-order valence-electron chi connectivity index (χ3n) is 6.36. The molecule has 166 valence electrons. The number of aliphatic imine (C=N–C) groups is 1. The molecule has 3 rings (SSSR count). The van der Waals surface area contributed by atoms with Gasteiger partial charge in [0.05, 0.1) is 6.04 Å². The molecular weight excluding hydrogens is 374 g/mol. The maximum Gasteiger partial charge on any atom is 0.220 e. The van der Waals surface area contributed by atoms with Gasteiger partial charge in [0.25, 0.3) is 0 Å². The number of nitrogens with zero attached hydrogens (tertiary/aromatic N) is 2. The van der Waals surface area contributed by atoms with Gasteiger partial charge in [-0.05, 0) is 56.2 Å². The average Bonchev–Trinajstić information content (AvgIpc) is 3.31. The van der Waals surface area contributed by atoms with Gasteiger partial charge in [0.1, 0.15) is 0 Å². The fourth-order valence-electron chi connectivity index (χ4n) is 4.56. The van der Waals surface area contributed by atoms with E-state index in [-0.39, 0.29) is 11.9 Å². The van der Waals surface area contributed by atoms with E-state index in [2.05, 4.69) is 57.0 Å². The minimum absolute atomic E-state index is 0.152. The van der Waals surface area contributed by atoms with Crippen LogP contribution in [0.3, 0.4) is 0 Å². The van der Waals surface area contributed by atoms with E-state index in [4.69, 9.17) is 0 Å². The maximum atomic E-state index is 12.1. The molecule has 1 aromatic carbocycles. The lowest BCUT2D eigenvalue weighted by atomic mass is 9.87. The van der Waals surface area contributed by atoms with E-state index in [0.29, 0.717) is 25.4 Å². The van der Waals surface area contributed by atoms with Gasteiger partial charge in [-0.3, -0.25) is 9.79 Å². The fourth-order valence-corrected chi connectivity index (χ4v) is 4.56. The molecule has 1 saturated carbocycles. The number of guanidine groups is 1. The van der Waals surface area contributed by atoms with E-state index in [9.17, 15) is 4.79 Å². The van der Waals surface area contributed by atoms with Gasteiger partial charge in [0.15, 0.2) is 5.96 Å². The van der Waals surface area contributed by atoms with Crippen LogP contribution in [0.4, 0.5) is 5.69 Å². The Labute approximate surface area is 181 Å². The van der Waals surface area contributed by atoms with Gasteiger partial charge >= 0.3 is 0 Å². The molecule has 0 bridgehead atoms. The number of hydrogen-bond acceptors (Lipinski definition) is 3. The Morgan fingerprint density at radius 2 is 1.83 bits per heavy atom. The monoisotopic (exact) mass is 413 g/mol. The molecule has 30 heavy (non-hydrogen) atoms. The van der Waals surface area contributed by atoms with E-state index in [1.165, 1.54) is 56.2 Å². The zero-order valence-electron chi connectivity index (χ0n) is 18.8. The van der Waals surface area contributed by atoms with E-state index >= 15 is 0 Å². The number of nitrogens with one attached hydrogen (secondary N) is 3. The third kappa shape index (κ3) is 6.92. The smallest absolute Gasteiger partial charge is 0.220 e. The average molecular weight is 414 g/mol. The van der Waals surface area contributed by atoms with Crippen molar-refractivity contribution >= 4 is 17.6 Å². The predicted octanol–water partition coefficient (Wildman–Crippen LogP) is 3.60. The SMILES string of the molecule is CN=C(NCCNC(=O)CC1CCCCC1)NC(C)c1cccc(N2CCCC2)c1. The van der Waals surface area contributed by atoms with Gasteiger partial charge in [-0.25, -0.2) is 0 Å². The zero-order valence-corrected chi connectivity index (χ0v) is 18.8. The number of anilines is 1. The van der Waals surface area contributed by atoms with Crippen molar-refractivity contribution in [3.05, 3.63) is 29.8 Å². The van der Waals surface area contributed by atoms with Crippen LogP contribution in [0.25, 0.3) is 0 Å². The number of carbonyl (C=O) groups is 1. The molecule has 1 aromatic rings. The Balaban J connectivity index is 1.38. The van der Waals surface area contributed by atoms with Crippen LogP contribution >= 0.6 is 0 Å².